The molecule has 0 aliphatic carbocycles. The maximum absolute atomic E-state index is 13.5. The fraction of sp³-hybridized carbons (Fsp3) is 0.143. The average Bonchev–Trinajstić information content (AvgIpc) is 2.76. The summed E-state index contributed by atoms with van der Waals surface area (Å²) in [5.41, 5.74) is 0.646. The Bertz CT molecular complexity index is 1210. The number of ketones is 1. The van der Waals surface area contributed by atoms with Gasteiger partial charge in [-0.2, -0.15) is 0 Å². The first-order valence-corrected chi connectivity index (χ1v) is 10.8. The van der Waals surface area contributed by atoms with Gasteiger partial charge in [0.2, 0.25) is 11.9 Å². The fourth-order valence-corrected chi connectivity index (χ4v) is 4.16. The van der Waals surface area contributed by atoms with Crippen LogP contribution in [-0.4, -0.2) is 40.9 Å². The molecule has 2 heterocycles. The Morgan fingerprint density at radius 3 is 2.93 bits per heavy atom. The summed E-state index contributed by atoms with van der Waals surface area (Å²) < 4.78 is 6.14. The minimum Gasteiger partial charge on any atom is -0.496 e. The highest BCUT2D eigenvalue weighted by Crippen LogP contribution is 2.26. The van der Waals surface area contributed by atoms with Crippen molar-refractivity contribution in [3.8, 4) is 5.75 Å². The van der Waals surface area contributed by atoms with E-state index in [-0.39, 0.29) is 17.4 Å². The molecular weight excluding hydrogens is 468 g/mol. The van der Waals surface area contributed by atoms with Crippen molar-refractivity contribution in [2.75, 3.05) is 12.9 Å². The van der Waals surface area contributed by atoms with Gasteiger partial charge >= 0.3 is 0 Å². The van der Waals surface area contributed by atoms with Crippen molar-refractivity contribution in [1.29, 1.82) is 0 Å². The number of fused-ring (bicyclic) bond motifs is 2. The summed E-state index contributed by atoms with van der Waals surface area (Å²) >= 11 is 4.75. The molecule has 9 heteroatoms. The van der Waals surface area contributed by atoms with Crippen molar-refractivity contribution in [2.24, 2.45) is 10.1 Å². The third kappa shape index (κ3) is 3.66. The summed E-state index contributed by atoms with van der Waals surface area (Å²) in [6.07, 6.45) is 0.679. The Hall–Kier alpha value is -2.91. The topological polar surface area (TPSA) is 83.4 Å². The maximum Gasteiger partial charge on any atom is 0.276 e. The van der Waals surface area contributed by atoms with Crippen LogP contribution in [-0.2, 0) is 4.79 Å². The number of hydrogen-bond acceptors (Lipinski definition) is 7. The molecule has 0 bridgehead atoms. The number of rotatable bonds is 5. The number of benzene rings is 2. The lowest BCUT2D eigenvalue weighted by Crippen LogP contribution is -2.54. The quantitative estimate of drug-likeness (QED) is 0.518. The molecule has 0 saturated heterocycles. The number of para-hydroxylation sites is 1. The molecule has 0 unspecified atom stereocenters. The second kappa shape index (κ2) is 8.45. The van der Waals surface area contributed by atoms with E-state index in [0.717, 1.165) is 4.47 Å². The molecule has 4 rings (SSSR count). The lowest BCUT2D eigenvalue weighted by Gasteiger charge is -2.33. The highest BCUT2D eigenvalue weighted by atomic mass is 79.9. The smallest absolute Gasteiger partial charge is 0.276 e. The molecule has 1 amide bonds. The number of amidine groups is 1. The van der Waals surface area contributed by atoms with Crippen LogP contribution in [0.5, 0.6) is 5.75 Å². The van der Waals surface area contributed by atoms with Gasteiger partial charge < -0.3 is 4.74 Å². The van der Waals surface area contributed by atoms with Gasteiger partial charge in [0.15, 0.2) is 5.17 Å². The molecule has 2 aromatic rings. The van der Waals surface area contributed by atoms with Gasteiger partial charge in [0.05, 0.1) is 18.0 Å². The number of thioether (sulfide) groups is 1. The number of nitrogens with one attached hydrogen (secondary N) is 1. The zero-order valence-corrected chi connectivity index (χ0v) is 18.4. The number of carbonyl (C=O) groups excluding carboxylic acids is 2. The standard InChI is InChI=1S/C21H17BrN4O3S/c1-3-10-30-21-24-20(28)17-14-11-12(22)8-9-15(14)23-19(26(17)25-21)18(27)13-6-4-5-7-16(13)29-2/h3-9,11,19H,1,10H2,2H3,(H,24,25,28)/t19-/m1/s1. The van der Waals surface area contributed by atoms with Crippen LogP contribution < -0.4 is 20.6 Å². The first-order chi connectivity index (χ1) is 14.5. The third-order valence-electron chi connectivity index (χ3n) is 4.51. The van der Waals surface area contributed by atoms with E-state index in [9.17, 15) is 9.59 Å². The van der Waals surface area contributed by atoms with Crippen molar-refractivity contribution in [1.82, 2.24) is 10.3 Å². The average molecular weight is 485 g/mol. The van der Waals surface area contributed by atoms with E-state index in [1.807, 2.05) is 6.07 Å². The predicted molar refractivity (Wildman–Crippen MR) is 120 cm³/mol. The Balaban J connectivity index is 1.90. The summed E-state index contributed by atoms with van der Waals surface area (Å²) in [5.74, 6) is 0.341. The molecule has 0 spiro atoms. The van der Waals surface area contributed by atoms with Crippen LogP contribution in [0, 0.1) is 0 Å². The van der Waals surface area contributed by atoms with Gasteiger partial charge in [-0.05, 0) is 30.3 Å². The number of halogens is 1. The highest BCUT2D eigenvalue weighted by molar-refractivity contribution is 9.10. The molecule has 152 valence electrons. The van der Waals surface area contributed by atoms with E-state index in [4.69, 9.17) is 4.74 Å². The van der Waals surface area contributed by atoms with Crippen molar-refractivity contribution in [3.63, 3.8) is 0 Å². The lowest BCUT2D eigenvalue weighted by atomic mass is 10.0. The Morgan fingerprint density at radius 1 is 1.37 bits per heavy atom. The predicted octanol–water partition coefficient (Wildman–Crippen LogP) is 2.03. The molecule has 30 heavy (non-hydrogen) atoms. The molecule has 1 N–H and O–H groups in total. The molecule has 2 aliphatic heterocycles. The number of hydrogen-bond donors (Lipinski definition) is 1. The molecule has 0 aromatic heterocycles. The molecule has 2 aliphatic rings. The maximum atomic E-state index is 13.5. The van der Waals surface area contributed by atoms with Crippen molar-refractivity contribution >= 4 is 50.2 Å². The third-order valence-corrected chi connectivity index (χ3v) is 5.87. The van der Waals surface area contributed by atoms with Crippen LogP contribution in [0.4, 0.5) is 0 Å². The minimum absolute atomic E-state index is 0.275. The van der Waals surface area contributed by atoms with Crippen LogP contribution in [0.3, 0.4) is 0 Å². The number of methoxy groups -OCH3 is 1. The fourth-order valence-electron chi connectivity index (χ4n) is 3.21. The van der Waals surface area contributed by atoms with Gasteiger partial charge in [-0.15, -0.1) is 11.7 Å². The largest absolute Gasteiger partial charge is 0.496 e. The number of Topliss-reactive ketones (excluding diaryl/α,β-unsaturated/α-hetero) is 1. The molecule has 0 fully saturated rings. The number of ether oxygens (including phenoxy) is 1. The van der Waals surface area contributed by atoms with Crippen LogP contribution in [0.1, 0.15) is 10.4 Å². The summed E-state index contributed by atoms with van der Waals surface area (Å²) in [7, 11) is 1.50. The molecule has 0 radical (unpaired) electrons. The van der Waals surface area contributed by atoms with Gasteiger partial charge in [-0.25, -0.2) is 10.0 Å². The molecule has 0 saturated carbocycles. The van der Waals surface area contributed by atoms with E-state index in [1.54, 1.807) is 42.5 Å². The summed E-state index contributed by atoms with van der Waals surface area (Å²) in [5, 5.41) is 10.2. The zero-order valence-electron chi connectivity index (χ0n) is 16.0. The van der Waals surface area contributed by atoms with Gasteiger partial charge in [-0.1, -0.05) is 45.9 Å². The van der Waals surface area contributed by atoms with Gasteiger partial charge in [0.1, 0.15) is 11.4 Å². The SMILES string of the molecule is C=CCSC1=NN2C(=c3cc(Br)ccc3=N[C@H]2C(=O)c2ccccc2OC)C(=O)N1. The Labute approximate surface area is 185 Å². The normalized spacial score (nSPS) is 17.2. The second-order valence-corrected chi connectivity index (χ2v) is 8.31. The van der Waals surface area contributed by atoms with E-state index in [0.29, 0.717) is 32.8 Å². The second-order valence-electron chi connectivity index (χ2n) is 6.38. The van der Waals surface area contributed by atoms with E-state index < -0.39 is 6.17 Å². The zero-order chi connectivity index (χ0) is 21.3. The lowest BCUT2D eigenvalue weighted by molar-refractivity contribution is -0.115. The number of nitrogens with zero attached hydrogens (tertiary/aromatic N) is 3. The molecular formula is C21H17BrN4O3S. The van der Waals surface area contributed by atoms with E-state index in [2.05, 4.69) is 37.9 Å². The highest BCUT2D eigenvalue weighted by Gasteiger charge is 2.38. The van der Waals surface area contributed by atoms with Crippen LogP contribution in [0.2, 0.25) is 0 Å². The van der Waals surface area contributed by atoms with Gasteiger partial charge in [0, 0.05) is 15.4 Å². The number of hydrazone groups is 1. The molecule has 1 atom stereocenters. The van der Waals surface area contributed by atoms with Crippen molar-refractivity contribution in [2.45, 2.75) is 6.17 Å². The van der Waals surface area contributed by atoms with E-state index in [1.165, 1.54) is 23.9 Å². The molecule has 2 aromatic carbocycles. The van der Waals surface area contributed by atoms with Gasteiger partial charge in [-0.3, -0.25) is 14.9 Å². The van der Waals surface area contributed by atoms with E-state index >= 15 is 0 Å². The monoisotopic (exact) mass is 484 g/mol. The molecule has 7 nitrogen and oxygen atoms in total. The van der Waals surface area contributed by atoms with Crippen LogP contribution in [0.25, 0.3) is 5.70 Å². The summed E-state index contributed by atoms with van der Waals surface area (Å²) in [6.45, 7) is 3.69. The Morgan fingerprint density at radius 2 is 2.17 bits per heavy atom. The Kier molecular flexibility index (Phi) is 5.74. The summed E-state index contributed by atoms with van der Waals surface area (Å²) in [4.78, 5) is 31.1. The van der Waals surface area contributed by atoms with Crippen molar-refractivity contribution < 1.29 is 14.3 Å². The first kappa shape index (κ1) is 20.4. The van der Waals surface area contributed by atoms with Gasteiger partial charge in [0.25, 0.3) is 5.91 Å². The number of carbonyl (C=O) groups is 2. The minimum atomic E-state index is -1.03. The number of amides is 1. The van der Waals surface area contributed by atoms with Crippen LogP contribution in [0.15, 0.2) is 69.7 Å². The summed E-state index contributed by atoms with van der Waals surface area (Å²) in [6, 6.07) is 12.3. The van der Waals surface area contributed by atoms with Crippen LogP contribution >= 0.6 is 27.7 Å². The van der Waals surface area contributed by atoms with Crippen molar-refractivity contribution in [3.05, 3.63) is 75.7 Å². The first-order valence-electron chi connectivity index (χ1n) is 9.01.